The summed E-state index contributed by atoms with van der Waals surface area (Å²) in [6.45, 7) is 7.00. The van der Waals surface area contributed by atoms with Crippen LogP contribution in [0.4, 0.5) is 22.7 Å². The maximum absolute atomic E-state index is 13.1. The van der Waals surface area contributed by atoms with Gasteiger partial charge in [0.25, 0.3) is 0 Å². The first-order chi connectivity index (χ1) is 29.0. The quantitative estimate of drug-likeness (QED) is 0.0451. The molecule has 0 radical (unpaired) electrons. The number of benzene rings is 4. The van der Waals surface area contributed by atoms with Gasteiger partial charge in [0.2, 0.25) is 0 Å². The number of rotatable bonds is 19. The van der Waals surface area contributed by atoms with E-state index in [1.807, 2.05) is 88.4 Å². The zero-order valence-electron chi connectivity index (χ0n) is 34.3. The van der Waals surface area contributed by atoms with Crippen molar-refractivity contribution in [1.82, 2.24) is 9.97 Å². The van der Waals surface area contributed by atoms with E-state index in [1.54, 1.807) is 24.3 Å². The Morgan fingerprint density at radius 3 is 1.35 bits per heavy atom. The lowest BCUT2D eigenvalue weighted by molar-refractivity contribution is -0.153. The number of aliphatic hydroxyl groups excluding tert-OH is 2. The van der Waals surface area contributed by atoms with Crippen molar-refractivity contribution in [2.75, 3.05) is 23.8 Å². The van der Waals surface area contributed by atoms with Crippen molar-refractivity contribution < 1.29 is 38.9 Å². The van der Waals surface area contributed by atoms with Crippen molar-refractivity contribution in [2.24, 2.45) is 0 Å². The second kappa shape index (κ2) is 20.0. The molecule has 0 aliphatic rings. The van der Waals surface area contributed by atoms with Gasteiger partial charge in [0, 0.05) is 58.5 Å². The fourth-order valence-corrected chi connectivity index (χ4v) is 7.01. The molecule has 2 aromatic heterocycles. The van der Waals surface area contributed by atoms with Crippen LogP contribution in [-0.4, -0.2) is 56.9 Å². The smallest absolute Gasteiger partial charge is 0.306 e. The lowest BCUT2D eigenvalue weighted by atomic mass is 9.99. The number of nitrogens with one attached hydrogen (secondary N) is 2. The van der Waals surface area contributed by atoms with E-state index in [9.17, 15) is 29.4 Å². The Kier molecular flexibility index (Phi) is 14.3. The third-order valence-electron chi connectivity index (χ3n) is 10.3. The number of pyridine rings is 2. The number of hydrogen-bond acceptors (Lipinski definition) is 12. The van der Waals surface area contributed by atoms with Gasteiger partial charge in [-0.25, -0.2) is 0 Å². The summed E-state index contributed by atoms with van der Waals surface area (Å²) >= 11 is 0. The number of carbonyl (C=O) groups is 4. The number of hydrogen-bond donors (Lipinski definition) is 4. The summed E-state index contributed by atoms with van der Waals surface area (Å²) in [5.41, 5.74) is 7.34. The fourth-order valence-electron chi connectivity index (χ4n) is 7.01. The summed E-state index contributed by atoms with van der Waals surface area (Å²) in [7, 11) is 0. The Hall–Kier alpha value is -6.50. The van der Waals surface area contributed by atoms with E-state index in [1.165, 1.54) is 12.4 Å². The highest BCUT2D eigenvalue weighted by atomic mass is 16.5. The zero-order valence-corrected chi connectivity index (χ0v) is 34.3. The minimum atomic E-state index is -1.25. The van der Waals surface area contributed by atoms with E-state index in [2.05, 4.69) is 20.6 Å². The number of ketones is 2. The number of fused-ring (bicyclic) bond motifs is 2. The van der Waals surface area contributed by atoms with E-state index in [0.29, 0.717) is 81.1 Å². The second-order valence-electron chi connectivity index (χ2n) is 14.7. The van der Waals surface area contributed by atoms with Crippen LogP contribution in [0.25, 0.3) is 21.8 Å². The van der Waals surface area contributed by atoms with Crippen LogP contribution in [0.1, 0.15) is 108 Å². The lowest BCUT2D eigenvalue weighted by Gasteiger charge is -2.19. The first-order valence-corrected chi connectivity index (χ1v) is 20.2. The number of para-hydroxylation sites is 4. The number of anilines is 4. The van der Waals surface area contributed by atoms with E-state index >= 15 is 0 Å². The maximum Gasteiger partial charge on any atom is 0.306 e. The summed E-state index contributed by atoms with van der Waals surface area (Å²) in [6, 6.07) is 25.9. The monoisotopic (exact) mass is 810 g/mol. The predicted molar refractivity (Wildman–Crippen MR) is 232 cm³/mol. The van der Waals surface area contributed by atoms with Gasteiger partial charge < -0.3 is 30.3 Å². The van der Waals surface area contributed by atoms with Crippen LogP contribution in [0, 0.1) is 13.8 Å². The van der Waals surface area contributed by atoms with Crippen LogP contribution in [0.3, 0.4) is 0 Å². The minimum Gasteiger partial charge on any atom is -0.463 e. The van der Waals surface area contributed by atoms with Gasteiger partial charge in [0.15, 0.2) is 11.6 Å². The molecule has 2 unspecified atom stereocenters. The van der Waals surface area contributed by atoms with Gasteiger partial charge in [-0.05, 0) is 49.9 Å². The molecule has 2 atom stereocenters. The number of ether oxygens (including phenoxy) is 2. The second-order valence-corrected chi connectivity index (χ2v) is 14.7. The van der Waals surface area contributed by atoms with E-state index < -0.39 is 37.4 Å². The molecule has 310 valence electrons. The van der Waals surface area contributed by atoms with Crippen molar-refractivity contribution in [3.63, 3.8) is 0 Å². The Morgan fingerprint density at radius 1 is 0.567 bits per heavy atom. The van der Waals surface area contributed by atoms with Crippen LogP contribution in [0.5, 0.6) is 0 Å². The molecule has 12 heteroatoms. The molecule has 0 saturated carbocycles. The average Bonchev–Trinajstić information content (AvgIpc) is 3.25. The van der Waals surface area contributed by atoms with Crippen LogP contribution in [-0.2, 0) is 19.1 Å². The molecule has 0 fully saturated rings. The predicted octanol–water partition coefficient (Wildman–Crippen LogP) is 9.49. The van der Waals surface area contributed by atoms with Crippen molar-refractivity contribution >= 4 is 68.1 Å². The molecule has 0 aliphatic heterocycles. The molecular weight excluding hydrogens is 761 g/mol. The molecule has 4 aromatic carbocycles. The standard InChI is InChI=1S/C48H50N4O8/c1-5-13-39(53)35-25-49-45-31(17-11-19-33(45)47(35)51-37-21-9-7-15-29(37)3)41(55)27-59-43(57)23-24-44(58)60-28-42(56)32-18-12-20-34-46(32)50-26-36(40(54)14-6-2)48(34)52-38-22-10-8-16-30(38)4/h7-12,15-22,25-26,41-42,55-56H,5-6,13-14,23-24,27-28H2,1-4H3,(H,49,51)(H,50,52). The Morgan fingerprint density at radius 2 is 0.967 bits per heavy atom. The van der Waals surface area contributed by atoms with E-state index in [0.717, 1.165) is 22.5 Å². The van der Waals surface area contributed by atoms with Crippen molar-refractivity contribution in [3.8, 4) is 0 Å². The van der Waals surface area contributed by atoms with Gasteiger partial charge in [-0.2, -0.15) is 0 Å². The number of Topliss-reactive ketones (excluding diaryl/α,β-unsaturated/α-hetero) is 2. The number of nitrogens with zero attached hydrogens (tertiary/aromatic N) is 2. The molecule has 4 N–H and O–H groups in total. The van der Waals surface area contributed by atoms with Crippen molar-refractivity contribution in [2.45, 2.75) is 78.4 Å². The number of carbonyl (C=O) groups excluding carboxylic acids is 4. The Labute approximate surface area is 349 Å². The van der Waals surface area contributed by atoms with Gasteiger partial charge in [0.1, 0.15) is 25.4 Å². The molecule has 2 heterocycles. The summed E-state index contributed by atoms with van der Waals surface area (Å²) in [5, 5.41) is 30.4. The van der Waals surface area contributed by atoms with Gasteiger partial charge in [-0.15, -0.1) is 0 Å². The van der Waals surface area contributed by atoms with Crippen LogP contribution < -0.4 is 10.6 Å². The highest BCUT2D eigenvalue weighted by Crippen LogP contribution is 2.36. The topological polar surface area (TPSA) is 177 Å². The first-order valence-electron chi connectivity index (χ1n) is 20.2. The largest absolute Gasteiger partial charge is 0.463 e. The molecule has 60 heavy (non-hydrogen) atoms. The molecule has 0 bridgehead atoms. The third kappa shape index (κ3) is 10.0. The summed E-state index contributed by atoms with van der Waals surface area (Å²) < 4.78 is 10.7. The summed E-state index contributed by atoms with van der Waals surface area (Å²) in [6.07, 6.45) is 1.92. The highest BCUT2D eigenvalue weighted by Gasteiger charge is 2.23. The van der Waals surface area contributed by atoms with Gasteiger partial charge in [-0.3, -0.25) is 29.1 Å². The summed E-state index contributed by atoms with van der Waals surface area (Å²) in [5.74, 6) is -1.57. The first kappa shape index (κ1) is 43.1. The van der Waals surface area contributed by atoms with Crippen LogP contribution in [0.2, 0.25) is 0 Å². The molecular formula is C48H50N4O8. The molecule has 0 aliphatic carbocycles. The SMILES string of the molecule is CCCC(=O)c1cnc2c(C(O)COC(=O)CCC(=O)OCC(O)c3cccc4c(Nc5ccccc5C)c(C(=O)CCC)cnc34)cccc2c1Nc1ccccc1C. The lowest BCUT2D eigenvalue weighted by Crippen LogP contribution is -2.17. The van der Waals surface area contributed by atoms with E-state index in [4.69, 9.17) is 9.47 Å². The Bertz CT molecular complexity index is 2360. The van der Waals surface area contributed by atoms with Crippen LogP contribution >= 0.6 is 0 Å². The Balaban J connectivity index is 1.08. The fraction of sp³-hybridized carbons (Fsp3) is 0.292. The van der Waals surface area contributed by atoms with E-state index in [-0.39, 0.29) is 24.4 Å². The minimum absolute atomic E-state index is 0.0581. The van der Waals surface area contributed by atoms with Gasteiger partial charge in [-0.1, -0.05) is 86.6 Å². The summed E-state index contributed by atoms with van der Waals surface area (Å²) in [4.78, 5) is 60.9. The maximum atomic E-state index is 13.1. The molecule has 0 spiro atoms. The molecule has 6 rings (SSSR count). The van der Waals surface area contributed by atoms with Crippen molar-refractivity contribution in [1.29, 1.82) is 0 Å². The molecule has 12 nitrogen and oxygen atoms in total. The third-order valence-corrected chi connectivity index (χ3v) is 10.3. The normalized spacial score (nSPS) is 12.2. The number of esters is 2. The molecule has 6 aromatic rings. The number of aromatic nitrogens is 2. The van der Waals surface area contributed by atoms with Crippen molar-refractivity contribution in [3.05, 3.63) is 131 Å². The van der Waals surface area contributed by atoms with Gasteiger partial charge in [0.05, 0.1) is 46.4 Å². The number of aliphatic hydroxyl groups is 2. The zero-order chi connectivity index (χ0) is 42.8. The highest BCUT2D eigenvalue weighted by molar-refractivity contribution is 6.10. The van der Waals surface area contributed by atoms with Crippen LogP contribution in [0.15, 0.2) is 97.3 Å². The molecule has 0 saturated heterocycles. The average molecular weight is 811 g/mol. The van der Waals surface area contributed by atoms with Gasteiger partial charge >= 0.3 is 11.9 Å². The number of aryl methyl sites for hydroxylation is 2. The molecule has 0 amide bonds.